The minimum Gasteiger partial charge on any atom is -0.368 e. The molecule has 16 heavy (non-hydrogen) atoms. The van der Waals surface area contributed by atoms with Crippen LogP contribution >= 0.6 is 22.9 Å². The lowest BCUT2D eigenvalue weighted by molar-refractivity contribution is -0.129. The Morgan fingerprint density at radius 3 is 3.06 bits per heavy atom. The van der Waals surface area contributed by atoms with E-state index in [0.717, 1.165) is 19.6 Å². The summed E-state index contributed by atoms with van der Waals surface area (Å²) in [5.74, 6) is 0.574. The van der Waals surface area contributed by atoms with Gasteiger partial charge in [0.1, 0.15) is 0 Å². The van der Waals surface area contributed by atoms with Crippen LogP contribution in [-0.4, -0.2) is 35.6 Å². The minimum atomic E-state index is -0.0882. The second-order valence-corrected chi connectivity index (χ2v) is 6.24. The van der Waals surface area contributed by atoms with Gasteiger partial charge in [-0.05, 0) is 25.3 Å². The highest BCUT2D eigenvalue weighted by atomic mass is 35.5. The Labute approximate surface area is 106 Å². The summed E-state index contributed by atoms with van der Waals surface area (Å²) in [6.07, 6.45) is 0.158. The maximum atomic E-state index is 5.91. The number of nitrogens with zero attached hydrogens (tertiary/aromatic N) is 1. The Kier molecular flexibility index (Phi) is 3.90. The summed E-state index contributed by atoms with van der Waals surface area (Å²) in [7, 11) is 0. The molecule has 0 amide bonds. The van der Waals surface area contributed by atoms with E-state index in [4.69, 9.17) is 16.3 Å². The predicted molar refractivity (Wildman–Crippen MR) is 69.3 cm³/mol. The van der Waals surface area contributed by atoms with Crippen molar-refractivity contribution in [2.75, 3.05) is 19.0 Å². The summed E-state index contributed by atoms with van der Waals surface area (Å²) in [6.45, 7) is 7.18. The Bertz CT molecular complexity index is 326. The number of thiophene rings is 1. The number of ether oxygens (including phenoxy) is 1. The molecule has 1 aromatic heterocycles. The van der Waals surface area contributed by atoms with E-state index in [-0.39, 0.29) is 11.7 Å². The van der Waals surface area contributed by atoms with Crippen LogP contribution in [0, 0.1) is 0 Å². The molecule has 2 rings (SSSR count). The zero-order valence-electron chi connectivity index (χ0n) is 9.78. The lowest BCUT2D eigenvalue weighted by atomic mass is 10.1. The van der Waals surface area contributed by atoms with Crippen molar-refractivity contribution in [2.45, 2.75) is 32.1 Å². The molecule has 1 unspecified atom stereocenters. The number of hydrogen-bond acceptors (Lipinski definition) is 3. The highest BCUT2D eigenvalue weighted by Crippen LogP contribution is 2.24. The third-order valence-electron chi connectivity index (χ3n) is 2.68. The van der Waals surface area contributed by atoms with E-state index < -0.39 is 0 Å². The monoisotopic (exact) mass is 259 g/mol. The highest BCUT2D eigenvalue weighted by Gasteiger charge is 2.32. The maximum absolute atomic E-state index is 5.91. The van der Waals surface area contributed by atoms with Gasteiger partial charge < -0.3 is 4.74 Å². The van der Waals surface area contributed by atoms with E-state index >= 15 is 0 Å². The van der Waals surface area contributed by atoms with Crippen molar-refractivity contribution in [3.05, 3.63) is 22.4 Å². The van der Waals surface area contributed by atoms with E-state index in [1.165, 1.54) is 4.88 Å². The average molecular weight is 260 g/mol. The number of alkyl halides is 1. The predicted octanol–water partition coefficient (Wildman–Crippen LogP) is 2.97. The maximum Gasteiger partial charge on any atom is 0.0845 e. The summed E-state index contributed by atoms with van der Waals surface area (Å²) in [5.41, 5.74) is -0.0882. The van der Waals surface area contributed by atoms with Gasteiger partial charge in [-0.15, -0.1) is 22.9 Å². The van der Waals surface area contributed by atoms with E-state index in [1.54, 1.807) is 0 Å². The van der Waals surface area contributed by atoms with E-state index in [2.05, 4.69) is 36.3 Å². The quantitative estimate of drug-likeness (QED) is 0.774. The fraction of sp³-hybridized carbons (Fsp3) is 0.667. The molecule has 1 aliphatic rings. The van der Waals surface area contributed by atoms with Gasteiger partial charge in [-0.25, -0.2) is 0 Å². The third-order valence-corrected chi connectivity index (χ3v) is 3.89. The average Bonchev–Trinajstić information content (AvgIpc) is 2.67. The number of morpholine rings is 1. The molecular formula is C12H18ClNOS. The molecule has 0 spiro atoms. The van der Waals surface area contributed by atoms with Gasteiger partial charge in [0.25, 0.3) is 0 Å². The SMILES string of the molecule is CC1(C)CN(Cc2cccs2)CC(CCl)O1. The lowest BCUT2D eigenvalue weighted by Crippen LogP contribution is -2.52. The van der Waals surface area contributed by atoms with Crippen LogP contribution in [0.5, 0.6) is 0 Å². The zero-order valence-corrected chi connectivity index (χ0v) is 11.4. The van der Waals surface area contributed by atoms with E-state index in [0.29, 0.717) is 5.88 Å². The molecule has 0 N–H and O–H groups in total. The Balaban J connectivity index is 1.99. The van der Waals surface area contributed by atoms with Crippen molar-refractivity contribution >= 4 is 22.9 Å². The lowest BCUT2D eigenvalue weighted by Gasteiger charge is -2.42. The van der Waals surface area contributed by atoms with E-state index in [9.17, 15) is 0 Å². The van der Waals surface area contributed by atoms with Crippen molar-refractivity contribution in [1.82, 2.24) is 4.90 Å². The third kappa shape index (κ3) is 3.20. The van der Waals surface area contributed by atoms with Crippen molar-refractivity contribution in [2.24, 2.45) is 0 Å². The van der Waals surface area contributed by atoms with Crippen LogP contribution in [0.25, 0.3) is 0 Å². The molecule has 0 aromatic carbocycles. The second-order valence-electron chi connectivity index (χ2n) is 4.90. The van der Waals surface area contributed by atoms with Crippen molar-refractivity contribution in [3.8, 4) is 0 Å². The Hall–Kier alpha value is -0.0900. The molecule has 1 fully saturated rings. The first kappa shape index (κ1) is 12.4. The topological polar surface area (TPSA) is 12.5 Å². The molecule has 90 valence electrons. The number of rotatable bonds is 3. The molecule has 0 bridgehead atoms. The minimum absolute atomic E-state index is 0.0882. The van der Waals surface area contributed by atoms with Crippen LogP contribution in [0.15, 0.2) is 17.5 Å². The molecule has 0 radical (unpaired) electrons. The van der Waals surface area contributed by atoms with E-state index in [1.807, 2.05) is 11.3 Å². The number of hydrogen-bond donors (Lipinski definition) is 0. The molecule has 0 saturated carbocycles. The van der Waals surface area contributed by atoms with Gasteiger partial charge in [0.15, 0.2) is 0 Å². The van der Waals surface area contributed by atoms with Crippen LogP contribution in [-0.2, 0) is 11.3 Å². The molecule has 1 saturated heterocycles. The molecule has 1 aromatic rings. The first-order valence-electron chi connectivity index (χ1n) is 5.57. The largest absolute Gasteiger partial charge is 0.368 e. The first-order chi connectivity index (χ1) is 7.59. The van der Waals surface area contributed by atoms with Crippen molar-refractivity contribution < 1.29 is 4.74 Å². The van der Waals surface area contributed by atoms with Crippen molar-refractivity contribution in [1.29, 1.82) is 0 Å². The van der Waals surface area contributed by atoms with Gasteiger partial charge in [-0.2, -0.15) is 0 Å². The highest BCUT2D eigenvalue weighted by molar-refractivity contribution is 7.09. The van der Waals surface area contributed by atoms with Crippen LogP contribution in [0.1, 0.15) is 18.7 Å². The van der Waals surface area contributed by atoms with Gasteiger partial charge in [-0.3, -0.25) is 4.90 Å². The molecule has 4 heteroatoms. The zero-order chi connectivity index (χ0) is 11.6. The number of halogens is 1. The van der Waals surface area contributed by atoms with Gasteiger partial charge in [0.2, 0.25) is 0 Å². The van der Waals surface area contributed by atoms with Crippen LogP contribution in [0.4, 0.5) is 0 Å². The van der Waals surface area contributed by atoms with Gasteiger partial charge in [0, 0.05) is 30.4 Å². The molecule has 1 aliphatic heterocycles. The summed E-state index contributed by atoms with van der Waals surface area (Å²) >= 11 is 7.72. The van der Waals surface area contributed by atoms with Crippen LogP contribution in [0.3, 0.4) is 0 Å². The molecule has 2 nitrogen and oxygen atoms in total. The van der Waals surface area contributed by atoms with Gasteiger partial charge in [-0.1, -0.05) is 6.07 Å². The van der Waals surface area contributed by atoms with Gasteiger partial charge in [0.05, 0.1) is 11.7 Å². The second kappa shape index (κ2) is 5.05. The molecular weight excluding hydrogens is 242 g/mol. The summed E-state index contributed by atoms with van der Waals surface area (Å²) < 4.78 is 5.90. The van der Waals surface area contributed by atoms with Gasteiger partial charge >= 0.3 is 0 Å². The smallest absolute Gasteiger partial charge is 0.0845 e. The van der Waals surface area contributed by atoms with Crippen LogP contribution in [0.2, 0.25) is 0 Å². The Morgan fingerprint density at radius 2 is 2.44 bits per heavy atom. The molecule has 0 aliphatic carbocycles. The first-order valence-corrected chi connectivity index (χ1v) is 6.99. The van der Waals surface area contributed by atoms with Crippen LogP contribution < -0.4 is 0 Å². The molecule has 2 heterocycles. The standard InChI is InChI=1S/C12H18ClNOS/c1-12(2)9-14(7-10(6-13)15-12)8-11-4-3-5-16-11/h3-5,10H,6-9H2,1-2H3. The summed E-state index contributed by atoms with van der Waals surface area (Å²) in [6, 6.07) is 4.29. The summed E-state index contributed by atoms with van der Waals surface area (Å²) in [5, 5.41) is 2.12. The fourth-order valence-corrected chi connectivity index (χ4v) is 3.15. The summed E-state index contributed by atoms with van der Waals surface area (Å²) in [4.78, 5) is 3.84. The van der Waals surface area contributed by atoms with Crippen molar-refractivity contribution in [3.63, 3.8) is 0 Å². The fourth-order valence-electron chi connectivity index (χ4n) is 2.24. The Morgan fingerprint density at radius 1 is 1.62 bits per heavy atom. The normalized spacial score (nSPS) is 25.8. The molecule has 1 atom stereocenters.